The zero-order chi connectivity index (χ0) is 12.5. The summed E-state index contributed by atoms with van der Waals surface area (Å²) in [6.45, 7) is 2.87. The molecule has 0 amide bonds. The lowest BCUT2D eigenvalue weighted by Crippen LogP contribution is -2.41. The molecular formula is C14H20BrNO. The fraction of sp³-hybridized carbons (Fsp3) is 0.571. The Hall–Kier alpha value is -0.540. The summed E-state index contributed by atoms with van der Waals surface area (Å²) in [5.74, 6) is 0.983. The molecule has 0 atom stereocenters. The van der Waals surface area contributed by atoms with Crippen LogP contribution in [0.5, 0.6) is 5.75 Å². The van der Waals surface area contributed by atoms with E-state index in [4.69, 9.17) is 10.5 Å². The molecule has 94 valence electrons. The third kappa shape index (κ3) is 2.11. The highest BCUT2D eigenvalue weighted by atomic mass is 79.9. The molecule has 0 bridgehead atoms. The summed E-state index contributed by atoms with van der Waals surface area (Å²) in [4.78, 5) is 0. The van der Waals surface area contributed by atoms with Crippen LogP contribution in [0, 0.1) is 0 Å². The maximum Gasteiger partial charge on any atom is 0.123 e. The maximum absolute atomic E-state index is 5.96. The van der Waals surface area contributed by atoms with Crippen LogP contribution in [0.1, 0.15) is 37.3 Å². The fourth-order valence-corrected chi connectivity index (χ4v) is 3.38. The Bertz CT molecular complexity index is 407. The number of ether oxygens (including phenoxy) is 1. The number of hydrogen-bond acceptors (Lipinski definition) is 2. The van der Waals surface area contributed by atoms with E-state index in [1.165, 1.54) is 30.4 Å². The lowest BCUT2D eigenvalue weighted by Gasteiger charge is -2.42. The van der Waals surface area contributed by atoms with Crippen molar-refractivity contribution in [2.75, 3.05) is 13.7 Å². The minimum absolute atomic E-state index is 0.196. The molecule has 0 radical (unpaired) electrons. The Morgan fingerprint density at radius 2 is 2.12 bits per heavy atom. The number of rotatable bonds is 4. The van der Waals surface area contributed by atoms with Gasteiger partial charge in [0.25, 0.3) is 0 Å². The standard InChI is InChI=1S/C14H20BrNO/c1-3-11-12(15)7-10(8-13(11)17-2)14(9-16)5-4-6-14/h7-8H,3-6,9,16H2,1-2H3. The highest BCUT2D eigenvalue weighted by molar-refractivity contribution is 9.10. The van der Waals surface area contributed by atoms with Gasteiger partial charge in [-0.1, -0.05) is 29.3 Å². The minimum Gasteiger partial charge on any atom is -0.496 e. The van der Waals surface area contributed by atoms with E-state index in [0.717, 1.165) is 23.2 Å². The Morgan fingerprint density at radius 3 is 2.53 bits per heavy atom. The lowest BCUT2D eigenvalue weighted by atomic mass is 9.64. The van der Waals surface area contributed by atoms with Crippen LogP contribution in [0.2, 0.25) is 0 Å². The minimum atomic E-state index is 0.196. The predicted octanol–water partition coefficient (Wildman–Crippen LogP) is 3.40. The van der Waals surface area contributed by atoms with Crippen LogP contribution in [0.15, 0.2) is 16.6 Å². The van der Waals surface area contributed by atoms with Crippen LogP contribution in [-0.2, 0) is 11.8 Å². The van der Waals surface area contributed by atoms with Crippen LogP contribution in [0.3, 0.4) is 0 Å². The van der Waals surface area contributed by atoms with Gasteiger partial charge in [0.05, 0.1) is 7.11 Å². The lowest BCUT2D eigenvalue weighted by molar-refractivity contribution is 0.252. The largest absolute Gasteiger partial charge is 0.496 e. The van der Waals surface area contributed by atoms with Crippen molar-refractivity contribution in [2.45, 2.75) is 38.0 Å². The molecule has 1 aliphatic rings. The van der Waals surface area contributed by atoms with Crippen molar-refractivity contribution < 1.29 is 4.74 Å². The van der Waals surface area contributed by atoms with Gasteiger partial charge in [-0.2, -0.15) is 0 Å². The van der Waals surface area contributed by atoms with Gasteiger partial charge in [0.1, 0.15) is 5.75 Å². The molecule has 0 saturated heterocycles. The average molecular weight is 298 g/mol. The van der Waals surface area contributed by atoms with Gasteiger partial charge >= 0.3 is 0 Å². The molecule has 1 aliphatic carbocycles. The summed E-state index contributed by atoms with van der Waals surface area (Å²) >= 11 is 3.65. The van der Waals surface area contributed by atoms with Crippen molar-refractivity contribution in [3.8, 4) is 5.75 Å². The third-order valence-electron chi connectivity index (χ3n) is 4.04. The van der Waals surface area contributed by atoms with E-state index in [2.05, 4.69) is 35.0 Å². The molecule has 1 aromatic carbocycles. The molecule has 0 aliphatic heterocycles. The first-order valence-corrected chi connectivity index (χ1v) is 7.03. The SMILES string of the molecule is CCc1c(Br)cc(C2(CN)CCC2)cc1OC. The van der Waals surface area contributed by atoms with E-state index in [9.17, 15) is 0 Å². The van der Waals surface area contributed by atoms with Gasteiger partial charge in [0.2, 0.25) is 0 Å². The molecule has 2 nitrogen and oxygen atoms in total. The summed E-state index contributed by atoms with van der Waals surface area (Å²) in [7, 11) is 1.74. The highest BCUT2D eigenvalue weighted by Crippen LogP contribution is 2.45. The summed E-state index contributed by atoms with van der Waals surface area (Å²) in [5.41, 5.74) is 8.72. The van der Waals surface area contributed by atoms with E-state index < -0.39 is 0 Å². The summed E-state index contributed by atoms with van der Waals surface area (Å²) in [6, 6.07) is 4.41. The van der Waals surface area contributed by atoms with Crippen LogP contribution in [0.4, 0.5) is 0 Å². The molecule has 2 N–H and O–H groups in total. The average Bonchev–Trinajstić information content (AvgIpc) is 2.27. The van der Waals surface area contributed by atoms with E-state index in [0.29, 0.717) is 0 Å². The zero-order valence-electron chi connectivity index (χ0n) is 10.6. The van der Waals surface area contributed by atoms with E-state index in [-0.39, 0.29) is 5.41 Å². The van der Waals surface area contributed by atoms with Crippen molar-refractivity contribution in [2.24, 2.45) is 5.73 Å². The topological polar surface area (TPSA) is 35.2 Å². The Kier molecular flexibility index (Phi) is 3.79. The molecule has 1 fully saturated rings. The van der Waals surface area contributed by atoms with E-state index in [1.807, 2.05) is 0 Å². The van der Waals surface area contributed by atoms with Gasteiger partial charge in [-0.3, -0.25) is 0 Å². The third-order valence-corrected chi connectivity index (χ3v) is 4.75. The Balaban J connectivity index is 2.46. The van der Waals surface area contributed by atoms with Crippen molar-refractivity contribution in [3.63, 3.8) is 0 Å². The summed E-state index contributed by atoms with van der Waals surface area (Å²) in [6.07, 6.45) is 4.65. The molecule has 2 rings (SSSR count). The zero-order valence-corrected chi connectivity index (χ0v) is 12.1. The van der Waals surface area contributed by atoms with Crippen molar-refractivity contribution in [1.82, 2.24) is 0 Å². The van der Waals surface area contributed by atoms with Crippen molar-refractivity contribution >= 4 is 15.9 Å². The first-order valence-electron chi connectivity index (χ1n) is 6.24. The Morgan fingerprint density at radius 1 is 1.41 bits per heavy atom. The van der Waals surface area contributed by atoms with Crippen molar-refractivity contribution in [1.29, 1.82) is 0 Å². The molecule has 1 aromatic rings. The molecular weight excluding hydrogens is 278 g/mol. The molecule has 17 heavy (non-hydrogen) atoms. The Labute approximate surface area is 112 Å². The second-order valence-corrected chi connectivity index (χ2v) is 5.68. The van der Waals surface area contributed by atoms with Gasteiger partial charge in [-0.25, -0.2) is 0 Å². The number of halogens is 1. The smallest absolute Gasteiger partial charge is 0.123 e. The monoisotopic (exact) mass is 297 g/mol. The quantitative estimate of drug-likeness (QED) is 0.924. The highest BCUT2D eigenvalue weighted by Gasteiger charge is 2.38. The van der Waals surface area contributed by atoms with E-state index >= 15 is 0 Å². The van der Waals surface area contributed by atoms with E-state index in [1.54, 1.807) is 7.11 Å². The first-order chi connectivity index (χ1) is 8.16. The molecule has 0 spiro atoms. The number of benzene rings is 1. The van der Waals surface area contributed by atoms with Crippen LogP contribution in [-0.4, -0.2) is 13.7 Å². The van der Waals surface area contributed by atoms with Gasteiger partial charge in [-0.05, 0) is 37.0 Å². The van der Waals surface area contributed by atoms with Gasteiger partial charge in [0, 0.05) is 22.0 Å². The molecule has 1 saturated carbocycles. The van der Waals surface area contributed by atoms with Crippen LogP contribution in [0.25, 0.3) is 0 Å². The van der Waals surface area contributed by atoms with Gasteiger partial charge < -0.3 is 10.5 Å². The molecule has 0 aromatic heterocycles. The number of hydrogen-bond donors (Lipinski definition) is 1. The van der Waals surface area contributed by atoms with Gasteiger partial charge in [0.15, 0.2) is 0 Å². The summed E-state index contributed by atoms with van der Waals surface area (Å²) < 4.78 is 6.64. The van der Waals surface area contributed by atoms with Gasteiger partial charge in [-0.15, -0.1) is 0 Å². The summed E-state index contributed by atoms with van der Waals surface area (Å²) in [5, 5.41) is 0. The maximum atomic E-state index is 5.96. The molecule has 0 heterocycles. The normalized spacial score (nSPS) is 17.6. The molecule has 0 unspecified atom stereocenters. The van der Waals surface area contributed by atoms with Crippen LogP contribution < -0.4 is 10.5 Å². The second kappa shape index (κ2) is 4.99. The second-order valence-electron chi connectivity index (χ2n) is 4.83. The number of nitrogens with two attached hydrogens (primary N) is 1. The fourth-order valence-electron chi connectivity index (χ4n) is 2.66. The first kappa shape index (κ1) is 12.9. The molecule has 3 heteroatoms. The predicted molar refractivity (Wildman–Crippen MR) is 74.7 cm³/mol. The van der Waals surface area contributed by atoms with Crippen LogP contribution >= 0.6 is 15.9 Å². The number of methoxy groups -OCH3 is 1. The van der Waals surface area contributed by atoms with Crippen molar-refractivity contribution in [3.05, 3.63) is 27.7 Å².